The van der Waals surface area contributed by atoms with Crippen molar-refractivity contribution in [3.05, 3.63) is 88.2 Å². The third-order valence-corrected chi connectivity index (χ3v) is 4.19. The monoisotopic (exact) mass is 407 g/mol. The van der Waals surface area contributed by atoms with Gasteiger partial charge in [0.05, 0.1) is 4.92 Å². The zero-order valence-corrected chi connectivity index (χ0v) is 16.2. The van der Waals surface area contributed by atoms with Crippen molar-refractivity contribution in [3.8, 4) is 11.3 Å². The standard InChI is InChI=1S/C21H17N3O4S/c1-14-13-16(24(26)27)7-10-18(14)22-21(29)23-20(25)12-9-17-8-11-19(28-17)15-5-3-2-4-6-15/h2-13H,1H3,(H2,22,23,25,29)/b12-9+. The summed E-state index contributed by atoms with van der Waals surface area (Å²) in [6, 6.07) is 17.5. The Morgan fingerprint density at radius 3 is 2.59 bits per heavy atom. The maximum absolute atomic E-state index is 12.1. The van der Waals surface area contributed by atoms with E-state index in [1.165, 1.54) is 24.3 Å². The van der Waals surface area contributed by atoms with E-state index in [-0.39, 0.29) is 10.8 Å². The van der Waals surface area contributed by atoms with Crippen molar-refractivity contribution < 1.29 is 14.1 Å². The first-order chi connectivity index (χ1) is 13.9. The molecule has 0 aliphatic rings. The number of rotatable bonds is 5. The number of nitro groups is 1. The summed E-state index contributed by atoms with van der Waals surface area (Å²) in [4.78, 5) is 22.4. The van der Waals surface area contributed by atoms with Crippen molar-refractivity contribution in [1.82, 2.24) is 5.32 Å². The van der Waals surface area contributed by atoms with Gasteiger partial charge in [0.1, 0.15) is 11.5 Å². The summed E-state index contributed by atoms with van der Waals surface area (Å²) in [6.07, 6.45) is 2.85. The van der Waals surface area contributed by atoms with Crippen LogP contribution in [0.4, 0.5) is 11.4 Å². The van der Waals surface area contributed by atoms with Gasteiger partial charge in [-0.25, -0.2) is 0 Å². The number of thiocarbonyl (C=S) groups is 1. The second-order valence-corrected chi connectivity index (χ2v) is 6.51. The average Bonchev–Trinajstić information content (AvgIpc) is 3.17. The molecule has 0 saturated carbocycles. The third-order valence-electron chi connectivity index (χ3n) is 3.99. The van der Waals surface area contributed by atoms with Crippen LogP contribution in [0.5, 0.6) is 0 Å². The van der Waals surface area contributed by atoms with E-state index >= 15 is 0 Å². The highest BCUT2D eigenvalue weighted by Gasteiger charge is 2.10. The molecule has 3 aromatic rings. The van der Waals surface area contributed by atoms with Crippen LogP contribution >= 0.6 is 12.2 Å². The number of carbonyl (C=O) groups excluding carboxylic acids is 1. The van der Waals surface area contributed by atoms with Crippen LogP contribution in [0.3, 0.4) is 0 Å². The van der Waals surface area contributed by atoms with E-state index in [0.717, 1.165) is 5.56 Å². The summed E-state index contributed by atoms with van der Waals surface area (Å²) in [5.41, 5.74) is 2.14. The first-order valence-electron chi connectivity index (χ1n) is 8.63. The number of hydrogen-bond acceptors (Lipinski definition) is 5. The summed E-state index contributed by atoms with van der Waals surface area (Å²) in [5.74, 6) is 0.806. The lowest BCUT2D eigenvalue weighted by Crippen LogP contribution is -2.33. The number of non-ortho nitro benzene ring substituents is 1. The molecule has 29 heavy (non-hydrogen) atoms. The molecule has 0 spiro atoms. The minimum absolute atomic E-state index is 0.0146. The van der Waals surface area contributed by atoms with Crippen LogP contribution in [0, 0.1) is 17.0 Å². The van der Waals surface area contributed by atoms with Crippen LogP contribution in [0.15, 0.2) is 71.2 Å². The minimum atomic E-state index is -0.473. The fraction of sp³-hybridized carbons (Fsp3) is 0.0476. The van der Waals surface area contributed by atoms with Gasteiger partial charge in [-0.15, -0.1) is 0 Å². The number of hydrogen-bond donors (Lipinski definition) is 2. The maximum Gasteiger partial charge on any atom is 0.269 e. The molecule has 0 aliphatic heterocycles. The van der Waals surface area contributed by atoms with Gasteiger partial charge in [0.2, 0.25) is 5.91 Å². The fourth-order valence-corrected chi connectivity index (χ4v) is 2.78. The van der Waals surface area contributed by atoms with Gasteiger partial charge in [-0.3, -0.25) is 20.2 Å². The fourth-order valence-electron chi connectivity index (χ4n) is 2.57. The van der Waals surface area contributed by atoms with Crippen molar-refractivity contribution in [1.29, 1.82) is 0 Å². The molecule has 0 bridgehead atoms. The Morgan fingerprint density at radius 2 is 1.90 bits per heavy atom. The number of amides is 1. The number of furan rings is 1. The van der Waals surface area contributed by atoms with E-state index in [2.05, 4.69) is 10.6 Å². The molecular formula is C21H17N3O4S. The van der Waals surface area contributed by atoms with Gasteiger partial charge in [0.15, 0.2) is 5.11 Å². The molecule has 0 saturated heterocycles. The SMILES string of the molecule is Cc1cc([N+](=O)[O-])ccc1NC(=S)NC(=O)/C=C/c1ccc(-c2ccccc2)o1. The molecule has 3 rings (SSSR count). The Morgan fingerprint density at radius 1 is 1.14 bits per heavy atom. The molecule has 1 aromatic heterocycles. The van der Waals surface area contributed by atoms with Crippen LogP contribution in [0.2, 0.25) is 0 Å². The van der Waals surface area contributed by atoms with Crippen LogP contribution in [-0.2, 0) is 4.79 Å². The molecule has 1 heterocycles. The molecule has 0 radical (unpaired) electrons. The Bertz CT molecular complexity index is 1090. The summed E-state index contributed by atoms with van der Waals surface area (Å²) < 4.78 is 5.70. The predicted molar refractivity (Wildman–Crippen MR) is 115 cm³/mol. The highest BCUT2D eigenvalue weighted by Crippen LogP contribution is 2.22. The Labute approximate surface area is 172 Å². The summed E-state index contributed by atoms with van der Waals surface area (Å²) >= 11 is 5.12. The molecule has 8 heteroatoms. The predicted octanol–water partition coefficient (Wildman–Crippen LogP) is 4.69. The van der Waals surface area contributed by atoms with E-state index in [1.54, 1.807) is 19.1 Å². The van der Waals surface area contributed by atoms with Crippen LogP contribution < -0.4 is 10.6 Å². The van der Waals surface area contributed by atoms with Crippen LogP contribution in [0.25, 0.3) is 17.4 Å². The first kappa shape index (κ1) is 20.0. The Balaban J connectivity index is 1.57. The number of benzene rings is 2. The largest absolute Gasteiger partial charge is 0.457 e. The molecule has 0 atom stereocenters. The van der Waals surface area contributed by atoms with Crippen molar-refractivity contribution in [3.63, 3.8) is 0 Å². The second-order valence-electron chi connectivity index (χ2n) is 6.10. The molecule has 2 N–H and O–H groups in total. The number of carbonyl (C=O) groups is 1. The zero-order valence-electron chi connectivity index (χ0n) is 15.4. The molecule has 1 amide bonds. The van der Waals surface area contributed by atoms with E-state index in [9.17, 15) is 14.9 Å². The van der Waals surface area contributed by atoms with Crippen molar-refractivity contribution in [2.45, 2.75) is 6.92 Å². The molecule has 2 aromatic carbocycles. The van der Waals surface area contributed by atoms with Crippen molar-refractivity contribution in [2.24, 2.45) is 0 Å². The van der Waals surface area contributed by atoms with Gasteiger partial charge in [-0.2, -0.15) is 0 Å². The molecule has 7 nitrogen and oxygen atoms in total. The quantitative estimate of drug-likeness (QED) is 0.276. The lowest BCUT2D eigenvalue weighted by atomic mass is 10.2. The van der Waals surface area contributed by atoms with E-state index in [1.807, 2.05) is 36.4 Å². The van der Waals surface area contributed by atoms with Gasteiger partial charge in [0, 0.05) is 29.5 Å². The van der Waals surface area contributed by atoms with Crippen LogP contribution in [-0.4, -0.2) is 15.9 Å². The smallest absolute Gasteiger partial charge is 0.269 e. The lowest BCUT2D eigenvalue weighted by Gasteiger charge is -2.10. The average molecular weight is 407 g/mol. The van der Waals surface area contributed by atoms with Crippen molar-refractivity contribution in [2.75, 3.05) is 5.32 Å². The highest BCUT2D eigenvalue weighted by molar-refractivity contribution is 7.80. The van der Waals surface area contributed by atoms with Gasteiger partial charge < -0.3 is 9.73 Å². The third kappa shape index (κ3) is 5.36. The van der Waals surface area contributed by atoms with E-state index < -0.39 is 10.8 Å². The summed E-state index contributed by atoms with van der Waals surface area (Å²) in [5, 5.41) is 16.2. The van der Waals surface area contributed by atoms with Crippen LogP contribution in [0.1, 0.15) is 11.3 Å². The Kier molecular flexibility index (Phi) is 6.16. The van der Waals surface area contributed by atoms with Gasteiger partial charge in [0.25, 0.3) is 5.69 Å². The van der Waals surface area contributed by atoms with Gasteiger partial charge in [-0.05, 0) is 49.0 Å². The Hall–Kier alpha value is -3.78. The minimum Gasteiger partial charge on any atom is -0.457 e. The van der Waals surface area contributed by atoms with Gasteiger partial charge in [-0.1, -0.05) is 30.3 Å². The van der Waals surface area contributed by atoms with Gasteiger partial charge >= 0.3 is 0 Å². The maximum atomic E-state index is 12.1. The molecule has 0 fully saturated rings. The molecule has 0 unspecified atom stereocenters. The zero-order chi connectivity index (χ0) is 20.8. The molecular weight excluding hydrogens is 390 g/mol. The summed E-state index contributed by atoms with van der Waals surface area (Å²) in [6.45, 7) is 1.71. The molecule has 0 aliphatic carbocycles. The topological polar surface area (TPSA) is 97.4 Å². The number of nitrogens with zero attached hydrogens (tertiary/aromatic N) is 1. The number of aryl methyl sites for hydroxylation is 1. The highest BCUT2D eigenvalue weighted by atomic mass is 32.1. The number of nitrogens with one attached hydrogen (secondary N) is 2. The summed E-state index contributed by atoms with van der Waals surface area (Å²) in [7, 11) is 0. The molecule has 146 valence electrons. The number of nitro benzene ring substituents is 1. The van der Waals surface area contributed by atoms with E-state index in [4.69, 9.17) is 16.6 Å². The van der Waals surface area contributed by atoms with E-state index in [0.29, 0.717) is 22.8 Å². The second kappa shape index (κ2) is 8.94. The number of anilines is 1. The van der Waals surface area contributed by atoms with Crippen molar-refractivity contribution >= 4 is 40.7 Å². The first-order valence-corrected chi connectivity index (χ1v) is 9.03. The lowest BCUT2D eigenvalue weighted by molar-refractivity contribution is -0.384. The normalized spacial score (nSPS) is 10.7.